The molecule has 0 bridgehead atoms. The van der Waals surface area contributed by atoms with Crippen LogP contribution in [0.1, 0.15) is 21.5 Å². The molecule has 0 unspecified atom stereocenters. The first kappa shape index (κ1) is 21.3. The summed E-state index contributed by atoms with van der Waals surface area (Å²) in [7, 11) is 0. The second kappa shape index (κ2) is 10.4. The van der Waals surface area contributed by atoms with Crippen molar-refractivity contribution in [1.82, 2.24) is 10.2 Å². The summed E-state index contributed by atoms with van der Waals surface area (Å²) < 4.78 is 5.38. The number of morpholine rings is 1. The molecule has 2 aromatic carbocycles. The Kier molecular flexibility index (Phi) is 7.63. The molecule has 0 aliphatic carbocycles. The van der Waals surface area contributed by atoms with Gasteiger partial charge in [0.1, 0.15) is 0 Å². The van der Waals surface area contributed by atoms with Crippen molar-refractivity contribution in [2.45, 2.75) is 13.8 Å². The van der Waals surface area contributed by atoms with Crippen LogP contribution in [0.25, 0.3) is 0 Å². The SMILES string of the molecule is Cc1ccc(C(=O)NC(=NCCN2CCOCC2)Nc2cccc(Cl)c2C)cc1. The highest BCUT2D eigenvalue weighted by atomic mass is 35.5. The van der Waals surface area contributed by atoms with Gasteiger partial charge in [-0.05, 0) is 43.7 Å². The van der Waals surface area contributed by atoms with E-state index < -0.39 is 0 Å². The zero-order valence-electron chi connectivity index (χ0n) is 16.9. The molecule has 1 fully saturated rings. The average molecular weight is 415 g/mol. The summed E-state index contributed by atoms with van der Waals surface area (Å²) in [5.41, 5.74) is 3.40. The van der Waals surface area contributed by atoms with Crippen molar-refractivity contribution in [2.24, 2.45) is 4.99 Å². The van der Waals surface area contributed by atoms with Gasteiger partial charge < -0.3 is 10.1 Å². The summed E-state index contributed by atoms with van der Waals surface area (Å²) in [5, 5.41) is 6.79. The third-order valence-electron chi connectivity index (χ3n) is 4.86. The maximum atomic E-state index is 12.7. The van der Waals surface area contributed by atoms with Crippen molar-refractivity contribution < 1.29 is 9.53 Å². The summed E-state index contributed by atoms with van der Waals surface area (Å²) in [4.78, 5) is 19.6. The number of carbonyl (C=O) groups excluding carboxylic acids is 1. The number of carbonyl (C=O) groups is 1. The van der Waals surface area contributed by atoms with Crippen LogP contribution in [0.4, 0.5) is 5.69 Å². The molecule has 0 radical (unpaired) electrons. The van der Waals surface area contributed by atoms with Gasteiger partial charge in [0.25, 0.3) is 5.91 Å². The average Bonchev–Trinajstić information content (AvgIpc) is 2.72. The Morgan fingerprint density at radius 1 is 1.14 bits per heavy atom. The van der Waals surface area contributed by atoms with E-state index in [0.29, 0.717) is 23.1 Å². The predicted octanol–water partition coefficient (Wildman–Crippen LogP) is 3.49. The molecule has 154 valence electrons. The van der Waals surface area contributed by atoms with Gasteiger partial charge in [-0.15, -0.1) is 0 Å². The van der Waals surface area contributed by atoms with Crippen LogP contribution >= 0.6 is 11.6 Å². The van der Waals surface area contributed by atoms with E-state index in [9.17, 15) is 4.79 Å². The Morgan fingerprint density at radius 2 is 1.86 bits per heavy atom. The van der Waals surface area contributed by atoms with Crippen molar-refractivity contribution in [3.63, 3.8) is 0 Å². The van der Waals surface area contributed by atoms with E-state index in [1.807, 2.05) is 44.2 Å². The van der Waals surface area contributed by atoms with Crippen molar-refractivity contribution in [3.8, 4) is 0 Å². The van der Waals surface area contributed by atoms with E-state index in [-0.39, 0.29) is 5.91 Å². The normalized spacial score (nSPS) is 15.2. The number of ether oxygens (including phenoxy) is 1. The van der Waals surface area contributed by atoms with Gasteiger partial charge in [-0.25, -0.2) is 0 Å². The van der Waals surface area contributed by atoms with Gasteiger partial charge in [-0.3, -0.25) is 20.0 Å². The molecular weight excluding hydrogens is 388 g/mol. The van der Waals surface area contributed by atoms with Crippen LogP contribution in [-0.4, -0.2) is 56.2 Å². The summed E-state index contributed by atoms with van der Waals surface area (Å²) in [6, 6.07) is 13.1. The molecule has 0 atom stereocenters. The Balaban J connectivity index is 1.72. The van der Waals surface area contributed by atoms with E-state index in [1.165, 1.54) is 0 Å². The molecule has 1 amide bonds. The number of halogens is 1. The minimum atomic E-state index is -0.206. The second-order valence-electron chi connectivity index (χ2n) is 7.04. The van der Waals surface area contributed by atoms with Gasteiger partial charge >= 0.3 is 0 Å². The lowest BCUT2D eigenvalue weighted by Gasteiger charge is -2.25. The summed E-state index contributed by atoms with van der Waals surface area (Å²) >= 11 is 6.23. The predicted molar refractivity (Wildman–Crippen MR) is 118 cm³/mol. The lowest BCUT2D eigenvalue weighted by Crippen LogP contribution is -2.39. The van der Waals surface area contributed by atoms with Crippen LogP contribution in [0, 0.1) is 13.8 Å². The van der Waals surface area contributed by atoms with Crippen LogP contribution < -0.4 is 10.6 Å². The highest BCUT2D eigenvalue weighted by molar-refractivity contribution is 6.31. The molecule has 0 saturated carbocycles. The number of hydrogen-bond acceptors (Lipinski definition) is 4. The van der Waals surface area contributed by atoms with E-state index in [4.69, 9.17) is 16.3 Å². The number of aliphatic imine (C=N–C) groups is 1. The second-order valence-corrected chi connectivity index (χ2v) is 7.45. The first-order valence-electron chi connectivity index (χ1n) is 9.77. The lowest BCUT2D eigenvalue weighted by molar-refractivity contribution is 0.0394. The lowest BCUT2D eigenvalue weighted by atomic mass is 10.1. The van der Waals surface area contributed by atoms with Gasteiger partial charge in [0.2, 0.25) is 5.96 Å². The number of nitrogens with one attached hydrogen (secondary N) is 2. The first-order chi connectivity index (χ1) is 14.0. The van der Waals surface area contributed by atoms with E-state index in [0.717, 1.165) is 49.7 Å². The van der Waals surface area contributed by atoms with Crippen LogP contribution in [0.2, 0.25) is 5.02 Å². The molecule has 2 N–H and O–H groups in total. The Hall–Kier alpha value is -2.41. The zero-order valence-corrected chi connectivity index (χ0v) is 17.6. The number of hydrogen-bond donors (Lipinski definition) is 2. The molecule has 0 aromatic heterocycles. The molecule has 2 aromatic rings. The van der Waals surface area contributed by atoms with Gasteiger partial charge in [0.15, 0.2) is 0 Å². The fraction of sp³-hybridized carbons (Fsp3) is 0.364. The molecular formula is C22H27ClN4O2. The summed E-state index contributed by atoms with van der Waals surface area (Å²) in [5.74, 6) is 0.205. The molecule has 3 rings (SSSR count). The van der Waals surface area contributed by atoms with Crippen LogP contribution in [0.3, 0.4) is 0 Å². The minimum Gasteiger partial charge on any atom is -0.379 e. The van der Waals surface area contributed by atoms with Crippen molar-refractivity contribution in [2.75, 3.05) is 44.7 Å². The summed E-state index contributed by atoms with van der Waals surface area (Å²) in [6.45, 7) is 8.60. The molecule has 1 heterocycles. The van der Waals surface area contributed by atoms with Crippen molar-refractivity contribution in [1.29, 1.82) is 0 Å². The topological polar surface area (TPSA) is 66.0 Å². The molecule has 0 spiro atoms. The van der Waals surface area contributed by atoms with Gasteiger partial charge in [-0.1, -0.05) is 35.4 Å². The van der Waals surface area contributed by atoms with Gasteiger partial charge in [-0.2, -0.15) is 0 Å². The third-order valence-corrected chi connectivity index (χ3v) is 5.27. The Morgan fingerprint density at radius 3 is 2.59 bits per heavy atom. The van der Waals surface area contributed by atoms with Crippen LogP contribution in [-0.2, 0) is 4.74 Å². The molecule has 7 heteroatoms. The number of amides is 1. The number of nitrogens with zero attached hydrogens (tertiary/aromatic N) is 2. The van der Waals surface area contributed by atoms with Crippen molar-refractivity contribution >= 4 is 29.2 Å². The number of rotatable bonds is 5. The molecule has 1 aliphatic rings. The van der Waals surface area contributed by atoms with Crippen LogP contribution in [0.5, 0.6) is 0 Å². The number of aryl methyl sites for hydroxylation is 1. The van der Waals surface area contributed by atoms with E-state index >= 15 is 0 Å². The highest BCUT2D eigenvalue weighted by Gasteiger charge is 2.13. The first-order valence-corrected chi connectivity index (χ1v) is 10.2. The van der Waals surface area contributed by atoms with Crippen LogP contribution in [0.15, 0.2) is 47.5 Å². The third kappa shape index (κ3) is 6.29. The monoisotopic (exact) mass is 414 g/mol. The fourth-order valence-corrected chi connectivity index (χ4v) is 3.17. The standard InChI is InChI=1S/C22H27ClN4O2/c1-16-6-8-18(9-7-16)21(28)26-22(24-10-11-27-12-14-29-15-13-27)25-20-5-3-4-19(23)17(20)2/h3-9H,10-15H2,1-2H3,(H2,24,25,26,28). The maximum absolute atomic E-state index is 12.7. The van der Waals surface area contributed by atoms with Crippen molar-refractivity contribution in [3.05, 3.63) is 64.2 Å². The maximum Gasteiger partial charge on any atom is 0.257 e. The van der Waals surface area contributed by atoms with Gasteiger partial charge in [0, 0.05) is 35.9 Å². The Labute approximate surface area is 176 Å². The smallest absolute Gasteiger partial charge is 0.257 e. The largest absolute Gasteiger partial charge is 0.379 e. The molecule has 29 heavy (non-hydrogen) atoms. The number of guanidine groups is 1. The summed E-state index contributed by atoms with van der Waals surface area (Å²) in [6.07, 6.45) is 0. The minimum absolute atomic E-state index is 0.206. The molecule has 6 nitrogen and oxygen atoms in total. The molecule has 1 saturated heterocycles. The van der Waals surface area contributed by atoms with E-state index in [2.05, 4.69) is 20.5 Å². The van der Waals surface area contributed by atoms with E-state index in [1.54, 1.807) is 12.1 Å². The Bertz CT molecular complexity index is 862. The molecule has 1 aliphatic heterocycles. The fourth-order valence-electron chi connectivity index (χ4n) is 2.99. The quantitative estimate of drug-likeness (QED) is 0.580. The van der Waals surface area contributed by atoms with Gasteiger partial charge in [0.05, 0.1) is 19.8 Å². The zero-order chi connectivity index (χ0) is 20.6. The number of anilines is 1. The number of benzene rings is 2. The highest BCUT2D eigenvalue weighted by Crippen LogP contribution is 2.22.